The zero-order valence-electron chi connectivity index (χ0n) is 16.4. The van der Waals surface area contributed by atoms with Crippen molar-refractivity contribution in [1.82, 2.24) is 25.1 Å². The largest absolute Gasteiger partial charge is 0.497 e. The Labute approximate surface area is 182 Å². The predicted octanol–water partition coefficient (Wildman–Crippen LogP) is 2.52. The molecule has 0 atom stereocenters. The maximum absolute atomic E-state index is 12.6. The molecule has 1 saturated heterocycles. The van der Waals surface area contributed by atoms with Gasteiger partial charge in [-0.15, -0.1) is 10.2 Å². The molecule has 1 aromatic carbocycles. The Kier molecular flexibility index (Phi) is 6.60. The number of nitrogens with one attached hydrogen (secondary N) is 1. The fourth-order valence-corrected chi connectivity index (χ4v) is 4.64. The van der Waals surface area contributed by atoms with Crippen LogP contribution in [0.15, 0.2) is 47.1 Å². The van der Waals surface area contributed by atoms with Crippen molar-refractivity contribution in [1.29, 1.82) is 0 Å². The van der Waals surface area contributed by atoms with Gasteiger partial charge in [0.05, 0.1) is 12.9 Å². The minimum Gasteiger partial charge on any atom is -0.497 e. The molecule has 9 nitrogen and oxygen atoms in total. The highest BCUT2D eigenvalue weighted by molar-refractivity contribution is 8.01. The number of carbonyl (C=O) groups is 1. The van der Waals surface area contributed by atoms with Gasteiger partial charge in [0.15, 0.2) is 4.34 Å². The van der Waals surface area contributed by atoms with Gasteiger partial charge in [-0.05, 0) is 18.2 Å². The molecule has 2 aromatic heterocycles. The van der Waals surface area contributed by atoms with Crippen LogP contribution in [-0.4, -0.2) is 70.0 Å². The quantitative estimate of drug-likeness (QED) is 0.553. The standard InChI is InChI=1S/C19H21N7O2S2/c1-28-15-5-2-4-14(12-15)22-18-23-24-19(30-18)29-13-16(27)25-8-10-26(11-9-25)17-20-6-3-7-21-17/h2-7,12H,8-11,13H2,1H3,(H,22,23). The maximum Gasteiger partial charge on any atom is 0.233 e. The van der Waals surface area contributed by atoms with E-state index in [2.05, 4.69) is 30.4 Å². The molecule has 0 saturated carbocycles. The number of aromatic nitrogens is 4. The molecule has 0 bridgehead atoms. The molecule has 1 amide bonds. The SMILES string of the molecule is COc1cccc(Nc2nnc(SCC(=O)N3CCN(c4ncccn4)CC3)s2)c1. The summed E-state index contributed by atoms with van der Waals surface area (Å²) in [6.45, 7) is 2.79. The first-order chi connectivity index (χ1) is 14.7. The molecule has 156 valence electrons. The van der Waals surface area contributed by atoms with E-state index >= 15 is 0 Å². The van der Waals surface area contributed by atoms with E-state index in [9.17, 15) is 4.79 Å². The smallest absolute Gasteiger partial charge is 0.233 e. The van der Waals surface area contributed by atoms with Gasteiger partial charge in [-0.1, -0.05) is 29.2 Å². The lowest BCUT2D eigenvalue weighted by molar-refractivity contribution is -0.128. The van der Waals surface area contributed by atoms with Crippen LogP contribution in [0.2, 0.25) is 0 Å². The van der Waals surface area contributed by atoms with Crippen LogP contribution in [0.4, 0.5) is 16.8 Å². The van der Waals surface area contributed by atoms with Crippen LogP contribution in [0.1, 0.15) is 0 Å². The summed E-state index contributed by atoms with van der Waals surface area (Å²) in [4.78, 5) is 25.1. The second-order valence-electron chi connectivity index (χ2n) is 6.44. The number of hydrogen-bond donors (Lipinski definition) is 1. The van der Waals surface area contributed by atoms with Gasteiger partial charge >= 0.3 is 0 Å². The molecule has 1 fully saturated rings. The van der Waals surface area contributed by atoms with Crippen LogP contribution in [0.5, 0.6) is 5.75 Å². The van der Waals surface area contributed by atoms with Crippen LogP contribution in [-0.2, 0) is 4.79 Å². The number of piperazine rings is 1. The molecule has 0 radical (unpaired) electrons. The molecule has 3 heterocycles. The lowest BCUT2D eigenvalue weighted by atomic mass is 10.3. The first-order valence-corrected chi connectivity index (χ1v) is 11.2. The van der Waals surface area contributed by atoms with E-state index in [-0.39, 0.29) is 5.91 Å². The number of rotatable bonds is 7. The van der Waals surface area contributed by atoms with Crippen LogP contribution < -0.4 is 15.0 Å². The van der Waals surface area contributed by atoms with Gasteiger partial charge in [0.2, 0.25) is 17.0 Å². The highest BCUT2D eigenvalue weighted by Gasteiger charge is 2.22. The first-order valence-electron chi connectivity index (χ1n) is 9.38. The third-order valence-corrected chi connectivity index (χ3v) is 6.47. The molecule has 11 heteroatoms. The van der Waals surface area contributed by atoms with Crippen LogP contribution in [0.3, 0.4) is 0 Å². The molecule has 30 heavy (non-hydrogen) atoms. The summed E-state index contributed by atoms with van der Waals surface area (Å²) in [5, 5.41) is 12.2. The summed E-state index contributed by atoms with van der Waals surface area (Å²) in [5.41, 5.74) is 0.874. The van der Waals surface area contributed by atoms with Crippen molar-refractivity contribution >= 4 is 45.8 Å². The Balaban J connectivity index is 1.25. The van der Waals surface area contributed by atoms with Crippen molar-refractivity contribution in [2.24, 2.45) is 0 Å². The Bertz CT molecular complexity index is 978. The van der Waals surface area contributed by atoms with Crippen molar-refractivity contribution in [3.8, 4) is 5.75 Å². The molecule has 1 N–H and O–H groups in total. The average Bonchev–Trinajstić information content (AvgIpc) is 3.25. The number of anilines is 3. The summed E-state index contributed by atoms with van der Waals surface area (Å²) >= 11 is 2.83. The predicted molar refractivity (Wildman–Crippen MR) is 118 cm³/mol. The molecule has 1 aliphatic rings. The number of thioether (sulfide) groups is 1. The van der Waals surface area contributed by atoms with Gasteiger partial charge in [0, 0.05) is 50.3 Å². The third kappa shape index (κ3) is 5.16. The van der Waals surface area contributed by atoms with E-state index in [1.807, 2.05) is 29.2 Å². The molecule has 0 unspecified atom stereocenters. The summed E-state index contributed by atoms with van der Waals surface area (Å²) in [6, 6.07) is 9.40. The number of amides is 1. The minimum atomic E-state index is 0.103. The summed E-state index contributed by atoms with van der Waals surface area (Å²) in [7, 11) is 1.63. The number of benzene rings is 1. The van der Waals surface area contributed by atoms with Crippen molar-refractivity contribution < 1.29 is 9.53 Å². The van der Waals surface area contributed by atoms with Crippen molar-refractivity contribution in [2.45, 2.75) is 4.34 Å². The number of hydrogen-bond acceptors (Lipinski definition) is 10. The van der Waals surface area contributed by atoms with Gasteiger partial charge in [0.1, 0.15) is 5.75 Å². The molecule has 1 aliphatic heterocycles. The molecular formula is C19H21N7O2S2. The van der Waals surface area contributed by atoms with E-state index in [1.54, 1.807) is 25.6 Å². The van der Waals surface area contributed by atoms with E-state index in [1.165, 1.54) is 23.1 Å². The summed E-state index contributed by atoms with van der Waals surface area (Å²) < 4.78 is 5.98. The normalized spacial score (nSPS) is 13.9. The van der Waals surface area contributed by atoms with Gasteiger partial charge in [0.25, 0.3) is 0 Å². The number of nitrogens with zero attached hydrogens (tertiary/aromatic N) is 6. The third-order valence-electron chi connectivity index (χ3n) is 4.51. The molecule has 4 rings (SSSR count). The highest BCUT2D eigenvalue weighted by atomic mass is 32.2. The number of methoxy groups -OCH3 is 1. The fraction of sp³-hybridized carbons (Fsp3) is 0.316. The Morgan fingerprint density at radius 2 is 1.97 bits per heavy atom. The Morgan fingerprint density at radius 3 is 2.73 bits per heavy atom. The van der Waals surface area contributed by atoms with Gasteiger partial charge < -0.3 is 19.9 Å². The van der Waals surface area contributed by atoms with E-state index in [0.717, 1.165) is 28.9 Å². The average molecular weight is 444 g/mol. The monoisotopic (exact) mass is 443 g/mol. The van der Waals surface area contributed by atoms with Gasteiger partial charge in [-0.3, -0.25) is 4.79 Å². The minimum absolute atomic E-state index is 0.103. The zero-order valence-corrected chi connectivity index (χ0v) is 18.0. The van der Waals surface area contributed by atoms with E-state index < -0.39 is 0 Å². The Hall–Kier alpha value is -2.92. The second-order valence-corrected chi connectivity index (χ2v) is 8.64. The van der Waals surface area contributed by atoms with E-state index in [4.69, 9.17) is 4.74 Å². The lowest BCUT2D eigenvalue weighted by Crippen LogP contribution is -2.49. The maximum atomic E-state index is 12.6. The van der Waals surface area contributed by atoms with E-state index in [0.29, 0.717) is 29.9 Å². The molecule has 3 aromatic rings. The topological polar surface area (TPSA) is 96.4 Å². The van der Waals surface area contributed by atoms with Gasteiger partial charge in [-0.25, -0.2) is 9.97 Å². The van der Waals surface area contributed by atoms with Crippen molar-refractivity contribution in [2.75, 3.05) is 49.3 Å². The van der Waals surface area contributed by atoms with Crippen molar-refractivity contribution in [3.63, 3.8) is 0 Å². The van der Waals surface area contributed by atoms with Crippen LogP contribution in [0, 0.1) is 0 Å². The van der Waals surface area contributed by atoms with Crippen molar-refractivity contribution in [3.05, 3.63) is 42.7 Å². The second kappa shape index (κ2) is 9.72. The number of ether oxygens (including phenoxy) is 1. The molecule has 0 spiro atoms. The highest BCUT2D eigenvalue weighted by Crippen LogP contribution is 2.29. The summed E-state index contributed by atoms with van der Waals surface area (Å²) in [6.07, 6.45) is 3.46. The molecule has 0 aliphatic carbocycles. The lowest BCUT2D eigenvalue weighted by Gasteiger charge is -2.34. The fourth-order valence-electron chi connectivity index (χ4n) is 2.97. The summed E-state index contributed by atoms with van der Waals surface area (Å²) in [5.74, 6) is 1.92. The van der Waals surface area contributed by atoms with Crippen LogP contribution in [0.25, 0.3) is 0 Å². The molecular weight excluding hydrogens is 422 g/mol. The first kappa shape index (κ1) is 20.4. The number of carbonyl (C=O) groups excluding carboxylic acids is 1. The van der Waals surface area contributed by atoms with Gasteiger partial charge in [-0.2, -0.15) is 0 Å². The zero-order chi connectivity index (χ0) is 20.8. The van der Waals surface area contributed by atoms with Crippen LogP contribution >= 0.6 is 23.1 Å². The Morgan fingerprint density at radius 1 is 1.17 bits per heavy atom.